The van der Waals surface area contributed by atoms with Gasteiger partial charge in [-0.2, -0.15) is 0 Å². The van der Waals surface area contributed by atoms with E-state index in [0.29, 0.717) is 13.0 Å². The minimum atomic E-state index is -0.650. The Kier molecular flexibility index (Phi) is 3.84. The van der Waals surface area contributed by atoms with Gasteiger partial charge in [0.15, 0.2) is 5.79 Å². The van der Waals surface area contributed by atoms with E-state index in [2.05, 4.69) is 0 Å². The maximum absolute atomic E-state index is 10.6. The summed E-state index contributed by atoms with van der Waals surface area (Å²) in [6, 6.07) is 6.02. The van der Waals surface area contributed by atoms with E-state index in [1.54, 1.807) is 12.1 Å². The van der Waals surface area contributed by atoms with E-state index in [4.69, 9.17) is 15.2 Å². The number of nitrogens with zero attached hydrogens (tertiary/aromatic N) is 1. The number of nitrogens with two attached hydrogens (primary N) is 1. The van der Waals surface area contributed by atoms with Gasteiger partial charge < -0.3 is 15.2 Å². The van der Waals surface area contributed by atoms with Crippen LogP contribution >= 0.6 is 0 Å². The van der Waals surface area contributed by atoms with Crippen molar-refractivity contribution < 1.29 is 14.4 Å². The zero-order valence-corrected chi connectivity index (χ0v) is 11.0. The second-order valence-corrected chi connectivity index (χ2v) is 4.85. The summed E-state index contributed by atoms with van der Waals surface area (Å²) in [5.41, 5.74) is 6.89. The fourth-order valence-electron chi connectivity index (χ4n) is 2.04. The van der Waals surface area contributed by atoms with Crippen LogP contribution in [0.3, 0.4) is 0 Å². The number of ether oxygens (including phenoxy) is 2. The Bertz CT molecular complexity index is 462. The molecule has 1 aliphatic heterocycles. The van der Waals surface area contributed by atoms with Crippen LogP contribution < -0.4 is 5.73 Å². The molecular weight excluding hydrogens is 248 g/mol. The molecule has 6 nitrogen and oxygen atoms in total. The Morgan fingerprint density at radius 3 is 2.63 bits per heavy atom. The summed E-state index contributed by atoms with van der Waals surface area (Å²) in [7, 11) is 0. The van der Waals surface area contributed by atoms with Crippen LogP contribution in [0, 0.1) is 10.1 Å². The van der Waals surface area contributed by atoms with Crippen LogP contribution in [0.2, 0.25) is 0 Å². The molecule has 1 aromatic rings. The minimum absolute atomic E-state index is 0.0580. The Balaban J connectivity index is 2.21. The molecule has 1 aliphatic rings. The van der Waals surface area contributed by atoms with Gasteiger partial charge in [-0.25, -0.2) is 0 Å². The normalized spacial score (nSPS) is 31.1. The predicted octanol–water partition coefficient (Wildman–Crippen LogP) is 2.14. The molecule has 1 fully saturated rings. The average molecular weight is 266 g/mol. The maximum Gasteiger partial charge on any atom is 0.269 e. The lowest BCUT2D eigenvalue weighted by Crippen LogP contribution is -2.49. The van der Waals surface area contributed by atoms with Gasteiger partial charge >= 0.3 is 0 Å². The van der Waals surface area contributed by atoms with Gasteiger partial charge in [-0.1, -0.05) is 6.92 Å². The van der Waals surface area contributed by atoms with Crippen molar-refractivity contribution in [1.29, 1.82) is 0 Å². The van der Waals surface area contributed by atoms with Crippen LogP contribution in [0.25, 0.3) is 0 Å². The molecule has 2 N–H and O–H groups in total. The van der Waals surface area contributed by atoms with Crippen molar-refractivity contribution in [2.75, 3.05) is 6.61 Å². The third kappa shape index (κ3) is 2.91. The first kappa shape index (κ1) is 13.9. The van der Waals surface area contributed by atoms with Crippen LogP contribution in [0.5, 0.6) is 0 Å². The first-order valence-electron chi connectivity index (χ1n) is 6.27. The highest BCUT2D eigenvalue weighted by molar-refractivity contribution is 5.34. The summed E-state index contributed by atoms with van der Waals surface area (Å²) in [5.74, 6) is -0.650. The molecule has 0 aliphatic carbocycles. The van der Waals surface area contributed by atoms with Gasteiger partial charge in [0.1, 0.15) is 6.10 Å². The molecule has 1 heterocycles. The third-order valence-corrected chi connectivity index (χ3v) is 3.42. The molecule has 1 saturated heterocycles. The number of benzene rings is 1. The van der Waals surface area contributed by atoms with Crippen molar-refractivity contribution in [3.63, 3.8) is 0 Å². The van der Waals surface area contributed by atoms with Gasteiger partial charge in [0, 0.05) is 12.1 Å². The molecule has 0 saturated carbocycles. The fraction of sp³-hybridized carbons (Fsp3) is 0.538. The molecule has 0 spiro atoms. The highest BCUT2D eigenvalue weighted by Gasteiger charge is 2.37. The number of hydrogen-bond donors (Lipinski definition) is 1. The third-order valence-electron chi connectivity index (χ3n) is 3.42. The van der Waals surface area contributed by atoms with Crippen molar-refractivity contribution >= 4 is 5.69 Å². The molecular formula is C13H18N2O4. The molecule has 1 aromatic carbocycles. The average Bonchev–Trinajstić information content (AvgIpc) is 2.42. The van der Waals surface area contributed by atoms with E-state index in [9.17, 15) is 10.1 Å². The number of nitro groups is 1. The summed E-state index contributed by atoms with van der Waals surface area (Å²) >= 11 is 0. The van der Waals surface area contributed by atoms with E-state index in [0.717, 1.165) is 5.56 Å². The first-order valence-corrected chi connectivity index (χ1v) is 6.27. The summed E-state index contributed by atoms with van der Waals surface area (Å²) in [6.45, 7) is 4.26. The molecule has 0 aromatic heterocycles. The Morgan fingerprint density at radius 1 is 1.47 bits per heavy atom. The highest BCUT2D eigenvalue weighted by Crippen LogP contribution is 2.34. The monoisotopic (exact) mass is 266 g/mol. The smallest absolute Gasteiger partial charge is 0.269 e. The molecule has 0 amide bonds. The summed E-state index contributed by atoms with van der Waals surface area (Å²) in [4.78, 5) is 10.2. The SMILES string of the molecule is CCC1(C)OC[C@H](N)C(c2ccc([N+](=O)[O-])cc2)O1. The summed E-state index contributed by atoms with van der Waals surface area (Å²) in [5, 5.41) is 10.6. The van der Waals surface area contributed by atoms with Crippen LogP contribution in [-0.4, -0.2) is 23.4 Å². The van der Waals surface area contributed by atoms with Crippen molar-refractivity contribution in [2.24, 2.45) is 5.73 Å². The lowest BCUT2D eigenvalue weighted by molar-refractivity contribution is -0.384. The molecule has 2 unspecified atom stereocenters. The highest BCUT2D eigenvalue weighted by atomic mass is 16.7. The van der Waals surface area contributed by atoms with Crippen molar-refractivity contribution in [3.05, 3.63) is 39.9 Å². The first-order chi connectivity index (χ1) is 8.95. The number of rotatable bonds is 3. The standard InChI is InChI=1S/C13H18N2O4/c1-3-13(2)18-8-11(14)12(19-13)9-4-6-10(7-5-9)15(16)17/h4-7,11-12H,3,8,14H2,1-2H3/t11-,12?,13?/m0/s1. The van der Waals surface area contributed by atoms with Crippen molar-refractivity contribution in [3.8, 4) is 0 Å². The maximum atomic E-state index is 10.6. The van der Waals surface area contributed by atoms with E-state index in [1.807, 2.05) is 13.8 Å². The lowest BCUT2D eigenvalue weighted by atomic mass is 10.0. The second kappa shape index (κ2) is 5.24. The zero-order valence-electron chi connectivity index (χ0n) is 11.0. The topological polar surface area (TPSA) is 87.6 Å². The van der Waals surface area contributed by atoms with Crippen LogP contribution in [0.4, 0.5) is 5.69 Å². The van der Waals surface area contributed by atoms with Gasteiger partial charge in [-0.05, 0) is 31.0 Å². The molecule has 2 rings (SSSR count). The Labute approximate surface area is 111 Å². The zero-order chi connectivity index (χ0) is 14.0. The van der Waals surface area contributed by atoms with Crippen molar-refractivity contribution in [2.45, 2.75) is 38.2 Å². The largest absolute Gasteiger partial charge is 0.348 e. The van der Waals surface area contributed by atoms with E-state index < -0.39 is 10.7 Å². The lowest BCUT2D eigenvalue weighted by Gasteiger charge is -2.41. The minimum Gasteiger partial charge on any atom is -0.348 e. The molecule has 19 heavy (non-hydrogen) atoms. The van der Waals surface area contributed by atoms with Gasteiger partial charge in [0.25, 0.3) is 5.69 Å². The van der Waals surface area contributed by atoms with E-state index in [-0.39, 0.29) is 17.8 Å². The van der Waals surface area contributed by atoms with E-state index in [1.165, 1.54) is 12.1 Å². The summed E-state index contributed by atoms with van der Waals surface area (Å²) < 4.78 is 11.5. The number of nitro benzene ring substituents is 1. The van der Waals surface area contributed by atoms with Gasteiger partial charge in [0.2, 0.25) is 0 Å². The van der Waals surface area contributed by atoms with Gasteiger partial charge in [0.05, 0.1) is 17.6 Å². The molecule has 0 radical (unpaired) electrons. The Hall–Kier alpha value is -1.50. The van der Waals surface area contributed by atoms with Crippen LogP contribution in [0.15, 0.2) is 24.3 Å². The number of hydrogen-bond acceptors (Lipinski definition) is 5. The fourth-order valence-corrected chi connectivity index (χ4v) is 2.04. The summed E-state index contributed by atoms with van der Waals surface area (Å²) in [6.07, 6.45) is 0.405. The molecule has 104 valence electrons. The van der Waals surface area contributed by atoms with Gasteiger partial charge in [-0.3, -0.25) is 10.1 Å². The molecule has 0 bridgehead atoms. The van der Waals surface area contributed by atoms with Crippen LogP contribution in [0.1, 0.15) is 31.9 Å². The predicted molar refractivity (Wildman–Crippen MR) is 69.5 cm³/mol. The molecule has 3 atom stereocenters. The Morgan fingerprint density at radius 2 is 2.11 bits per heavy atom. The second-order valence-electron chi connectivity index (χ2n) is 4.85. The number of non-ortho nitro benzene ring substituents is 1. The van der Waals surface area contributed by atoms with E-state index >= 15 is 0 Å². The van der Waals surface area contributed by atoms with Crippen LogP contribution in [-0.2, 0) is 9.47 Å². The molecule has 6 heteroatoms. The van der Waals surface area contributed by atoms with Crippen molar-refractivity contribution in [1.82, 2.24) is 0 Å². The van der Waals surface area contributed by atoms with Gasteiger partial charge in [-0.15, -0.1) is 0 Å². The quantitative estimate of drug-likeness (QED) is 0.669.